The highest BCUT2D eigenvalue weighted by atomic mass is 16.4. The van der Waals surface area contributed by atoms with Crippen molar-refractivity contribution in [3.8, 4) is 0 Å². The Morgan fingerprint density at radius 3 is 0.523 bits per heavy atom. The van der Waals surface area contributed by atoms with Gasteiger partial charge in [0, 0.05) is 24.8 Å². The molecule has 0 spiro atoms. The van der Waals surface area contributed by atoms with Gasteiger partial charge in [-0.05, 0) is 77.0 Å². The number of hydrogen-bond donors (Lipinski definition) is 1. The molecule has 65 heavy (non-hydrogen) atoms. The lowest BCUT2D eigenvalue weighted by Crippen LogP contribution is -2.54. The summed E-state index contributed by atoms with van der Waals surface area (Å²) in [5, 5.41) is 38.9. The van der Waals surface area contributed by atoms with Crippen molar-refractivity contribution in [1.82, 2.24) is 0 Å². The molecule has 0 fully saturated rings. The summed E-state index contributed by atoms with van der Waals surface area (Å²) in [5.74, 6) is -5.98. The number of carboxylic acid groups (broad SMARTS) is 3. The van der Waals surface area contributed by atoms with Crippen molar-refractivity contribution < 1.29 is 53.7 Å². The van der Waals surface area contributed by atoms with Crippen molar-refractivity contribution >= 4 is 17.9 Å². The predicted octanol–water partition coefficient (Wildman–Crippen LogP) is 8.93. The Balaban J connectivity index is -0.000000246. The molecule has 0 aromatic carbocycles. The van der Waals surface area contributed by atoms with Crippen LogP contribution in [-0.2, 0) is 14.4 Å². The van der Waals surface area contributed by atoms with E-state index in [0.29, 0.717) is 0 Å². The minimum absolute atomic E-state index is 0. The molecule has 0 heterocycles. The summed E-state index contributed by atoms with van der Waals surface area (Å²) < 4.78 is 4.26. The highest BCUT2D eigenvalue weighted by Crippen LogP contribution is 2.19. The van der Waals surface area contributed by atoms with E-state index in [1.165, 1.54) is 246 Å². The lowest BCUT2D eigenvalue weighted by Gasteiger charge is -2.39. The second kappa shape index (κ2) is 48.7. The van der Waals surface area contributed by atoms with Crippen molar-refractivity contribution in [1.29, 1.82) is 0 Å². The first kappa shape index (κ1) is 72.2. The van der Waals surface area contributed by atoms with Gasteiger partial charge in [0.25, 0.3) is 0 Å². The van der Waals surface area contributed by atoms with Crippen molar-refractivity contribution in [3.63, 3.8) is 0 Å². The van der Waals surface area contributed by atoms with Gasteiger partial charge in [-0.2, -0.15) is 0 Å². The zero-order valence-corrected chi connectivity index (χ0v) is 45.6. The van der Waals surface area contributed by atoms with Crippen LogP contribution in [0, 0.1) is 0 Å². The number of nitrogens with zero attached hydrogens (tertiary/aromatic N) is 3. The van der Waals surface area contributed by atoms with E-state index >= 15 is 0 Å². The zero-order chi connectivity index (χ0) is 49.6. The van der Waals surface area contributed by atoms with Crippen LogP contribution in [-0.4, -0.2) is 126 Å². The van der Waals surface area contributed by atoms with E-state index in [2.05, 4.69) is 83.1 Å². The summed E-state index contributed by atoms with van der Waals surface area (Å²) in [6.07, 6.45) is 30.5. The Hall–Kier alpha value is -1.79. The first-order chi connectivity index (χ1) is 30.5. The molecule has 0 aromatic heterocycles. The highest BCUT2D eigenvalue weighted by Gasteiger charge is 2.30. The van der Waals surface area contributed by atoms with E-state index in [-0.39, 0.29) is 5.48 Å². The molecule has 0 saturated carbocycles. The van der Waals surface area contributed by atoms with Crippen LogP contribution in [0.5, 0.6) is 0 Å². The number of quaternary nitrogens is 3. The number of carbonyl (C=O) groups excluding carboxylic acids is 3. The van der Waals surface area contributed by atoms with Crippen LogP contribution >= 0.6 is 0 Å². The van der Waals surface area contributed by atoms with Crippen LogP contribution in [0.1, 0.15) is 250 Å². The maximum Gasteiger partial charge on any atom is 0.114 e. The number of aliphatic hydroxyl groups is 1. The lowest BCUT2D eigenvalue weighted by atomic mass is 9.96. The van der Waals surface area contributed by atoms with E-state index in [0.717, 1.165) is 0 Å². The SMILES string of the molecule is CCCC[N+](CCCC)(CCCC)CCCC.CCCC[N+](CCCC)(CCCC)CCCC.CCCC[N+](CCCC)(CCCC)CCCC.O.O=C([O-])CC(O)(CC(=O)[O-])C(=O)[O-]. The third-order valence-corrected chi connectivity index (χ3v) is 13.1. The van der Waals surface area contributed by atoms with Gasteiger partial charge in [0.05, 0.1) is 84.5 Å². The third-order valence-electron chi connectivity index (χ3n) is 13.1. The van der Waals surface area contributed by atoms with Crippen LogP contribution < -0.4 is 15.3 Å². The lowest BCUT2D eigenvalue weighted by molar-refractivity contribution is -0.929. The smallest absolute Gasteiger partial charge is 0.114 e. The molecule has 11 heteroatoms. The van der Waals surface area contributed by atoms with Crippen LogP contribution in [0.25, 0.3) is 0 Å². The quantitative estimate of drug-likeness (QED) is 0.0597. The van der Waals surface area contributed by atoms with E-state index < -0.39 is 36.4 Å². The predicted molar refractivity (Wildman–Crippen MR) is 271 cm³/mol. The second-order valence-corrected chi connectivity index (χ2v) is 19.4. The molecule has 0 saturated heterocycles. The molecule has 0 bridgehead atoms. The van der Waals surface area contributed by atoms with Gasteiger partial charge < -0.3 is 53.7 Å². The largest absolute Gasteiger partial charge is 0.550 e. The average molecular weight is 935 g/mol. The van der Waals surface area contributed by atoms with Crippen molar-refractivity contribution in [2.75, 3.05) is 78.5 Å². The van der Waals surface area contributed by atoms with Gasteiger partial charge in [-0.15, -0.1) is 0 Å². The fourth-order valence-electron chi connectivity index (χ4n) is 8.62. The Morgan fingerprint density at radius 2 is 0.446 bits per heavy atom. The number of carbonyl (C=O) groups is 3. The fraction of sp³-hybridized carbons (Fsp3) is 0.944. The Morgan fingerprint density at radius 1 is 0.323 bits per heavy atom. The van der Waals surface area contributed by atoms with Gasteiger partial charge in [-0.1, -0.05) is 160 Å². The summed E-state index contributed by atoms with van der Waals surface area (Å²) in [6.45, 7) is 45.1. The van der Waals surface area contributed by atoms with Crippen LogP contribution in [0.2, 0.25) is 0 Å². The molecular weight excluding hydrogens is 819 g/mol. The molecule has 0 aliphatic rings. The van der Waals surface area contributed by atoms with Crippen molar-refractivity contribution in [2.45, 2.75) is 256 Å². The number of unbranched alkanes of at least 4 members (excludes halogenated alkanes) is 12. The molecule has 0 atom stereocenters. The second-order valence-electron chi connectivity index (χ2n) is 19.4. The molecule has 0 unspecified atom stereocenters. The maximum atomic E-state index is 10.1. The summed E-state index contributed by atoms with van der Waals surface area (Å²) >= 11 is 0. The Labute approximate surface area is 404 Å². The standard InChI is InChI=1S/3C16H36N.C6H8O7.H2O/c3*1-5-9-13-17(14-10-6-2,15-11-7-3)16-12-8-4;7-3(8)1-6(13,5(11)12)2-4(9)10;/h3*5-16H2,1-4H3;13H,1-2H2,(H,7,8)(H,9,10)(H,11,12);1H2/q3*+1;;/p-3. The average Bonchev–Trinajstić information content (AvgIpc) is 3.27. The first-order valence-corrected chi connectivity index (χ1v) is 27.4. The normalized spacial score (nSPS) is 11.6. The van der Waals surface area contributed by atoms with Crippen LogP contribution in [0.15, 0.2) is 0 Å². The molecule has 0 aliphatic carbocycles. The molecule has 0 aliphatic heterocycles. The molecule has 0 rings (SSSR count). The third kappa shape index (κ3) is 41.0. The van der Waals surface area contributed by atoms with Gasteiger partial charge >= 0.3 is 0 Å². The fourth-order valence-corrected chi connectivity index (χ4v) is 8.62. The minimum atomic E-state index is -2.97. The van der Waals surface area contributed by atoms with Crippen LogP contribution in [0.3, 0.4) is 0 Å². The zero-order valence-electron chi connectivity index (χ0n) is 45.6. The Bertz CT molecular complexity index is 829. The summed E-state index contributed by atoms with van der Waals surface area (Å²) in [6, 6.07) is 0. The van der Waals surface area contributed by atoms with Gasteiger partial charge in [-0.3, -0.25) is 0 Å². The first-order valence-electron chi connectivity index (χ1n) is 27.4. The van der Waals surface area contributed by atoms with Crippen molar-refractivity contribution in [3.05, 3.63) is 0 Å². The van der Waals surface area contributed by atoms with Gasteiger partial charge in [0.2, 0.25) is 0 Å². The van der Waals surface area contributed by atoms with Gasteiger partial charge in [-0.25, -0.2) is 0 Å². The van der Waals surface area contributed by atoms with E-state index in [1.54, 1.807) is 0 Å². The molecular formula is C54H115N3O8. The summed E-state index contributed by atoms with van der Waals surface area (Å²) in [4.78, 5) is 30.0. The molecule has 0 aromatic rings. The number of hydrogen-bond acceptors (Lipinski definition) is 7. The van der Waals surface area contributed by atoms with Gasteiger partial charge in [0.15, 0.2) is 0 Å². The van der Waals surface area contributed by atoms with E-state index in [9.17, 15) is 29.7 Å². The molecule has 394 valence electrons. The van der Waals surface area contributed by atoms with Crippen molar-refractivity contribution in [2.24, 2.45) is 0 Å². The van der Waals surface area contributed by atoms with E-state index in [4.69, 9.17) is 5.11 Å². The highest BCUT2D eigenvalue weighted by molar-refractivity contribution is 5.86. The summed E-state index contributed by atoms with van der Waals surface area (Å²) in [5.41, 5.74) is -2.97. The number of aliphatic carboxylic acids is 3. The molecule has 3 N–H and O–H groups in total. The van der Waals surface area contributed by atoms with Gasteiger partial charge in [0.1, 0.15) is 5.60 Å². The monoisotopic (exact) mass is 934 g/mol. The minimum Gasteiger partial charge on any atom is -0.550 e. The molecule has 0 amide bonds. The van der Waals surface area contributed by atoms with E-state index in [1.807, 2.05) is 0 Å². The maximum absolute atomic E-state index is 10.1. The number of rotatable bonds is 41. The molecule has 0 radical (unpaired) electrons. The number of carboxylic acids is 3. The molecule has 11 nitrogen and oxygen atoms in total. The Kier molecular flexibility index (Phi) is 54.0. The topological polar surface area (TPSA) is 172 Å². The summed E-state index contributed by atoms with van der Waals surface area (Å²) in [7, 11) is 0. The van der Waals surface area contributed by atoms with Crippen LogP contribution in [0.4, 0.5) is 0 Å².